The topological polar surface area (TPSA) is 125 Å². The summed E-state index contributed by atoms with van der Waals surface area (Å²) in [5.41, 5.74) is 0.546. The molecule has 2 aliphatic heterocycles. The number of aliphatic hydroxyl groups is 1. The number of nitrogens with zero attached hydrogens (tertiary/aromatic N) is 3. The number of hydrogen-bond donors (Lipinski definition) is 3. The fraction of sp³-hybridized carbons (Fsp3) is 0.438. The molecule has 2 fully saturated rings. The standard InChI is InChI=1S/C16H19N5O4S/c22-8-5-17-13(23)10-2-6-21(7-3-10)15-18-4-1-11(19-15)9-12-14(24)20-16(25)26-12/h1,4,9-10,22H,2-3,5-8H2,(H,17,23)(H,20,24,25). The molecule has 26 heavy (non-hydrogen) atoms. The quantitative estimate of drug-likeness (QED) is 0.618. The molecule has 0 radical (unpaired) electrons. The summed E-state index contributed by atoms with van der Waals surface area (Å²) in [4.78, 5) is 45.8. The first kappa shape index (κ1) is 18.3. The van der Waals surface area contributed by atoms with Crippen molar-refractivity contribution in [1.29, 1.82) is 0 Å². The molecule has 138 valence electrons. The molecule has 1 aromatic heterocycles. The smallest absolute Gasteiger partial charge is 0.290 e. The maximum atomic E-state index is 12.0. The molecule has 0 saturated carbocycles. The highest BCUT2D eigenvalue weighted by Gasteiger charge is 2.27. The summed E-state index contributed by atoms with van der Waals surface area (Å²) in [7, 11) is 0. The summed E-state index contributed by atoms with van der Waals surface area (Å²) in [6.07, 6.45) is 4.52. The number of piperidine rings is 1. The van der Waals surface area contributed by atoms with Gasteiger partial charge in [0.15, 0.2) is 0 Å². The second kappa shape index (κ2) is 8.28. The maximum Gasteiger partial charge on any atom is 0.290 e. The van der Waals surface area contributed by atoms with Gasteiger partial charge < -0.3 is 15.3 Å². The van der Waals surface area contributed by atoms with Crippen molar-refractivity contribution in [1.82, 2.24) is 20.6 Å². The average Bonchev–Trinajstić information content (AvgIpc) is 2.97. The van der Waals surface area contributed by atoms with Crippen LogP contribution in [0.15, 0.2) is 17.2 Å². The molecule has 0 unspecified atom stereocenters. The van der Waals surface area contributed by atoms with E-state index in [1.165, 1.54) is 0 Å². The van der Waals surface area contributed by atoms with E-state index in [2.05, 4.69) is 20.6 Å². The number of imide groups is 1. The maximum absolute atomic E-state index is 12.0. The molecule has 10 heteroatoms. The lowest BCUT2D eigenvalue weighted by atomic mass is 9.96. The first-order valence-corrected chi connectivity index (χ1v) is 9.10. The van der Waals surface area contributed by atoms with Gasteiger partial charge in [-0.1, -0.05) is 0 Å². The summed E-state index contributed by atoms with van der Waals surface area (Å²) in [5, 5.41) is 13.3. The van der Waals surface area contributed by atoms with E-state index in [9.17, 15) is 14.4 Å². The van der Waals surface area contributed by atoms with Gasteiger partial charge in [0.25, 0.3) is 11.1 Å². The van der Waals surface area contributed by atoms with E-state index in [1.54, 1.807) is 18.3 Å². The Bertz CT molecular complexity index is 746. The van der Waals surface area contributed by atoms with Crippen LogP contribution in [0.5, 0.6) is 0 Å². The Morgan fingerprint density at radius 1 is 1.42 bits per heavy atom. The molecular weight excluding hydrogens is 358 g/mol. The van der Waals surface area contributed by atoms with Gasteiger partial charge in [-0.25, -0.2) is 9.97 Å². The Hall–Kier alpha value is -2.46. The van der Waals surface area contributed by atoms with Crippen molar-refractivity contribution in [3.8, 4) is 0 Å². The second-order valence-electron chi connectivity index (χ2n) is 5.91. The van der Waals surface area contributed by atoms with E-state index in [4.69, 9.17) is 5.11 Å². The molecule has 0 spiro atoms. The van der Waals surface area contributed by atoms with Crippen LogP contribution in [0, 0.1) is 5.92 Å². The van der Waals surface area contributed by atoms with Gasteiger partial charge in [-0.05, 0) is 36.7 Å². The summed E-state index contributed by atoms with van der Waals surface area (Å²) in [6.45, 7) is 1.49. The van der Waals surface area contributed by atoms with E-state index < -0.39 is 11.1 Å². The molecule has 0 atom stereocenters. The number of hydrogen-bond acceptors (Lipinski definition) is 8. The van der Waals surface area contributed by atoms with Crippen molar-refractivity contribution in [2.24, 2.45) is 5.92 Å². The van der Waals surface area contributed by atoms with Gasteiger partial charge in [0.05, 0.1) is 17.2 Å². The number of aromatic nitrogens is 2. The van der Waals surface area contributed by atoms with Gasteiger partial charge >= 0.3 is 0 Å². The lowest BCUT2D eigenvalue weighted by molar-refractivity contribution is -0.125. The Balaban J connectivity index is 1.63. The van der Waals surface area contributed by atoms with E-state index >= 15 is 0 Å². The SMILES string of the molecule is O=C1NC(=O)C(=Cc2ccnc(N3CCC(C(=O)NCCO)CC3)n2)S1. The summed E-state index contributed by atoms with van der Waals surface area (Å²) in [5.74, 6) is -0.00194. The highest BCUT2D eigenvalue weighted by Crippen LogP contribution is 2.26. The van der Waals surface area contributed by atoms with Crippen LogP contribution in [0.25, 0.3) is 6.08 Å². The molecule has 2 saturated heterocycles. The summed E-state index contributed by atoms with van der Waals surface area (Å²) < 4.78 is 0. The minimum atomic E-state index is -0.421. The van der Waals surface area contributed by atoms with Crippen LogP contribution in [0.1, 0.15) is 18.5 Å². The van der Waals surface area contributed by atoms with Crippen LogP contribution in [0.4, 0.5) is 10.7 Å². The van der Waals surface area contributed by atoms with Gasteiger partial charge in [-0.2, -0.15) is 0 Å². The lowest BCUT2D eigenvalue weighted by Crippen LogP contribution is -2.41. The third kappa shape index (κ3) is 4.38. The molecule has 3 amide bonds. The van der Waals surface area contributed by atoms with Crippen LogP contribution in [-0.2, 0) is 9.59 Å². The molecule has 3 rings (SSSR count). The van der Waals surface area contributed by atoms with Gasteiger partial charge in [0.2, 0.25) is 11.9 Å². The number of carbonyl (C=O) groups is 3. The number of nitrogens with one attached hydrogen (secondary N) is 2. The van der Waals surface area contributed by atoms with Crippen molar-refractivity contribution >= 4 is 40.8 Å². The van der Waals surface area contributed by atoms with E-state index in [1.807, 2.05) is 4.90 Å². The van der Waals surface area contributed by atoms with E-state index in [0.29, 0.717) is 42.5 Å². The molecule has 0 bridgehead atoms. The highest BCUT2D eigenvalue weighted by molar-refractivity contribution is 8.18. The lowest BCUT2D eigenvalue weighted by Gasteiger charge is -2.31. The minimum absolute atomic E-state index is 0.0351. The molecule has 2 aliphatic rings. The van der Waals surface area contributed by atoms with E-state index in [0.717, 1.165) is 11.8 Å². The predicted octanol–water partition coefficient (Wildman–Crippen LogP) is 0.125. The minimum Gasteiger partial charge on any atom is -0.395 e. The number of carbonyl (C=O) groups excluding carboxylic acids is 3. The van der Waals surface area contributed by atoms with Crippen molar-refractivity contribution in [3.05, 3.63) is 22.9 Å². The van der Waals surface area contributed by atoms with Gasteiger partial charge in [-0.3, -0.25) is 19.7 Å². The fourth-order valence-electron chi connectivity index (χ4n) is 2.82. The van der Waals surface area contributed by atoms with Crippen molar-refractivity contribution in [2.75, 3.05) is 31.1 Å². The molecular formula is C16H19N5O4S. The van der Waals surface area contributed by atoms with Crippen LogP contribution in [0.3, 0.4) is 0 Å². The Labute approximate surface area is 154 Å². The molecule has 3 heterocycles. The molecule has 3 N–H and O–H groups in total. The van der Waals surface area contributed by atoms with Gasteiger partial charge in [0.1, 0.15) is 0 Å². The number of aliphatic hydroxyl groups excluding tert-OH is 1. The average molecular weight is 377 g/mol. The van der Waals surface area contributed by atoms with Crippen LogP contribution in [-0.4, -0.2) is 58.4 Å². The normalized spacial score (nSPS) is 19.7. The predicted molar refractivity (Wildman–Crippen MR) is 96.2 cm³/mol. The Morgan fingerprint density at radius 2 is 2.19 bits per heavy atom. The fourth-order valence-corrected chi connectivity index (χ4v) is 3.48. The molecule has 0 aliphatic carbocycles. The van der Waals surface area contributed by atoms with Gasteiger partial charge in [0, 0.05) is 31.7 Å². The Morgan fingerprint density at radius 3 is 2.85 bits per heavy atom. The zero-order valence-corrected chi connectivity index (χ0v) is 14.8. The summed E-state index contributed by atoms with van der Waals surface area (Å²) >= 11 is 0.845. The number of amides is 3. The molecule has 0 aromatic carbocycles. The number of thioether (sulfide) groups is 1. The van der Waals surface area contributed by atoms with Gasteiger partial charge in [-0.15, -0.1) is 0 Å². The number of rotatable bonds is 5. The first-order valence-electron chi connectivity index (χ1n) is 8.28. The van der Waals surface area contributed by atoms with Crippen molar-refractivity contribution in [3.63, 3.8) is 0 Å². The highest BCUT2D eigenvalue weighted by atomic mass is 32.2. The zero-order chi connectivity index (χ0) is 18.5. The van der Waals surface area contributed by atoms with Crippen LogP contribution >= 0.6 is 11.8 Å². The van der Waals surface area contributed by atoms with E-state index in [-0.39, 0.29) is 25.0 Å². The largest absolute Gasteiger partial charge is 0.395 e. The monoisotopic (exact) mass is 377 g/mol. The first-order chi connectivity index (χ1) is 12.6. The van der Waals surface area contributed by atoms with Crippen molar-refractivity contribution < 1.29 is 19.5 Å². The third-order valence-electron chi connectivity index (χ3n) is 4.15. The third-order valence-corrected chi connectivity index (χ3v) is 4.96. The molecule has 1 aromatic rings. The second-order valence-corrected chi connectivity index (χ2v) is 6.92. The molecule has 9 nitrogen and oxygen atoms in total. The number of anilines is 1. The van der Waals surface area contributed by atoms with Crippen molar-refractivity contribution in [2.45, 2.75) is 12.8 Å². The Kier molecular flexibility index (Phi) is 5.84. The van der Waals surface area contributed by atoms with Crippen LogP contribution < -0.4 is 15.5 Å². The zero-order valence-electron chi connectivity index (χ0n) is 14.0. The van der Waals surface area contributed by atoms with Crippen LogP contribution in [0.2, 0.25) is 0 Å². The summed E-state index contributed by atoms with van der Waals surface area (Å²) in [6, 6.07) is 1.67.